The highest BCUT2D eigenvalue weighted by molar-refractivity contribution is 7.14. The van der Waals surface area contributed by atoms with Gasteiger partial charge in [0.2, 0.25) is 0 Å². The second-order valence-corrected chi connectivity index (χ2v) is 8.09. The van der Waals surface area contributed by atoms with Crippen LogP contribution in [-0.4, -0.2) is 38.7 Å². The molecular weight excluding hydrogens is 418 g/mol. The number of anilines is 1. The maximum Gasteiger partial charge on any atom is 0.379 e. The lowest BCUT2D eigenvalue weighted by Crippen LogP contribution is -2.30. The van der Waals surface area contributed by atoms with E-state index in [-0.39, 0.29) is 17.3 Å². The van der Waals surface area contributed by atoms with Crippen LogP contribution in [0.3, 0.4) is 0 Å². The first-order chi connectivity index (χ1) is 14.7. The fraction of sp³-hybridized carbons (Fsp3) is 0.286. The lowest BCUT2D eigenvalue weighted by atomic mass is 10.0. The minimum absolute atomic E-state index is 0.148. The number of thiophene rings is 1. The highest BCUT2D eigenvalue weighted by atomic mass is 32.1. The molecule has 1 aromatic carbocycles. The molecule has 0 spiro atoms. The Morgan fingerprint density at radius 1 is 1.16 bits per heavy atom. The van der Waals surface area contributed by atoms with Crippen molar-refractivity contribution in [1.82, 2.24) is 14.8 Å². The molecule has 0 bridgehead atoms. The minimum atomic E-state index is -1.13. The van der Waals surface area contributed by atoms with E-state index >= 15 is 0 Å². The molecule has 0 aliphatic heterocycles. The predicted octanol–water partition coefficient (Wildman–Crippen LogP) is 3.04. The van der Waals surface area contributed by atoms with Gasteiger partial charge in [-0.25, -0.2) is 14.5 Å². The molecule has 162 valence electrons. The van der Waals surface area contributed by atoms with E-state index in [1.54, 1.807) is 17.0 Å². The third-order valence-electron chi connectivity index (χ3n) is 4.56. The number of carbonyl (C=O) groups excluding carboxylic acids is 3. The topological polar surface area (TPSA) is 129 Å². The summed E-state index contributed by atoms with van der Waals surface area (Å²) in [6, 6.07) is 9.24. The lowest BCUT2D eigenvalue weighted by Gasteiger charge is -2.13. The molecule has 0 saturated carbocycles. The number of nitrogens with zero attached hydrogens (tertiary/aromatic N) is 3. The zero-order valence-electron chi connectivity index (χ0n) is 17.6. The van der Waals surface area contributed by atoms with Gasteiger partial charge in [0.25, 0.3) is 17.6 Å². The van der Waals surface area contributed by atoms with Gasteiger partial charge in [-0.1, -0.05) is 32.0 Å². The fourth-order valence-electron chi connectivity index (χ4n) is 2.95. The van der Waals surface area contributed by atoms with Gasteiger partial charge in [-0.05, 0) is 42.8 Å². The molecule has 3 aromatic rings. The average Bonchev–Trinajstić information content (AvgIpc) is 3.34. The molecule has 9 nitrogen and oxygen atoms in total. The summed E-state index contributed by atoms with van der Waals surface area (Å²) in [7, 11) is 0. The van der Waals surface area contributed by atoms with Crippen molar-refractivity contribution in [3.8, 4) is 5.69 Å². The first-order valence-corrected chi connectivity index (χ1v) is 10.5. The number of esters is 1. The fourth-order valence-corrected chi connectivity index (χ4v) is 3.75. The Kier molecular flexibility index (Phi) is 6.50. The quantitative estimate of drug-likeness (QED) is 0.542. The van der Waals surface area contributed by atoms with Crippen LogP contribution in [0.15, 0.2) is 35.7 Å². The van der Waals surface area contributed by atoms with Crippen LogP contribution in [0, 0.1) is 6.92 Å². The van der Waals surface area contributed by atoms with Crippen molar-refractivity contribution in [1.29, 1.82) is 0 Å². The number of aromatic nitrogens is 3. The molecule has 0 aliphatic carbocycles. The number of nitrogens with one attached hydrogen (secondary N) is 1. The van der Waals surface area contributed by atoms with Crippen LogP contribution >= 0.6 is 11.3 Å². The Hall–Kier alpha value is -3.53. The summed E-state index contributed by atoms with van der Waals surface area (Å²) in [5, 5.41) is 8.76. The van der Waals surface area contributed by atoms with E-state index in [2.05, 4.69) is 29.2 Å². The highest BCUT2D eigenvalue weighted by Crippen LogP contribution is 2.24. The van der Waals surface area contributed by atoms with Crippen molar-refractivity contribution in [2.75, 3.05) is 5.32 Å². The van der Waals surface area contributed by atoms with E-state index in [0.717, 1.165) is 22.6 Å². The molecule has 0 radical (unpaired) electrons. The molecule has 0 fully saturated rings. The second kappa shape index (κ2) is 9.09. The molecule has 1 unspecified atom stereocenters. The number of primary amides is 1. The van der Waals surface area contributed by atoms with E-state index in [0.29, 0.717) is 10.8 Å². The summed E-state index contributed by atoms with van der Waals surface area (Å²) in [4.78, 5) is 40.5. The van der Waals surface area contributed by atoms with Crippen molar-refractivity contribution in [3.63, 3.8) is 0 Å². The molecule has 3 N–H and O–H groups in total. The van der Waals surface area contributed by atoms with Crippen molar-refractivity contribution in [2.24, 2.45) is 5.73 Å². The molecule has 0 saturated heterocycles. The first kappa shape index (κ1) is 22.2. The van der Waals surface area contributed by atoms with Crippen molar-refractivity contribution in [3.05, 3.63) is 58.5 Å². The Morgan fingerprint density at radius 3 is 2.55 bits per heavy atom. The normalized spacial score (nSPS) is 11.9. The minimum Gasteiger partial charge on any atom is -0.447 e. The summed E-state index contributed by atoms with van der Waals surface area (Å²) in [5.41, 5.74) is 7.35. The summed E-state index contributed by atoms with van der Waals surface area (Å²) in [5.74, 6) is -1.46. The van der Waals surface area contributed by atoms with Crippen LogP contribution in [-0.2, 0) is 9.53 Å². The van der Waals surface area contributed by atoms with Gasteiger partial charge in [-0.15, -0.1) is 16.4 Å². The molecule has 2 amide bonds. The van der Waals surface area contributed by atoms with Gasteiger partial charge in [-0.3, -0.25) is 9.59 Å². The zero-order chi connectivity index (χ0) is 22.7. The Labute approximate surface area is 183 Å². The second-order valence-electron chi connectivity index (χ2n) is 7.17. The average molecular weight is 442 g/mol. The van der Waals surface area contributed by atoms with Crippen LogP contribution in [0.2, 0.25) is 0 Å². The first-order valence-electron chi connectivity index (χ1n) is 9.61. The van der Waals surface area contributed by atoms with E-state index < -0.39 is 23.9 Å². The zero-order valence-corrected chi connectivity index (χ0v) is 18.4. The summed E-state index contributed by atoms with van der Waals surface area (Å²) in [6.07, 6.45) is -1.13. The van der Waals surface area contributed by atoms with E-state index in [9.17, 15) is 14.4 Å². The molecule has 1 atom stereocenters. The van der Waals surface area contributed by atoms with E-state index in [1.165, 1.54) is 13.0 Å². The number of hydrogen-bond donors (Lipinski definition) is 2. The van der Waals surface area contributed by atoms with Gasteiger partial charge < -0.3 is 15.8 Å². The van der Waals surface area contributed by atoms with Gasteiger partial charge in [0.1, 0.15) is 10.8 Å². The molecule has 0 aliphatic rings. The smallest absolute Gasteiger partial charge is 0.379 e. The van der Waals surface area contributed by atoms with Gasteiger partial charge in [0.05, 0.1) is 11.3 Å². The standard InChI is InChI=1S/C21H23N5O4S/c1-11(2)14-7-5-6-8-16(14)26-13(4)23-18(25-26)21(29)30-12(3)19(28)24-20-15(17(22)27)9-10-31-20/h5-12H,1-4H3,(H2,22,27)(H,24,28). The van der Waals surface area contributed by atoms with E-state index in [1.807, 2.05) is 24.3 Å². The number of carbonyl (C=O) groups is 3. The molecule has 10 heteroatoms. The summed E-state index contributed by atoms with van der Waals surface area (Å²) in [6.45, 7) is 7.29. The van der Waals surface area contributed by atoms with E-state index in [4.69, 9.17) is 10.5 Å². The number of benzene rings is 1. The number of amides is 2. The predicted molar refractivity (Wildman–Crippen MR) is 117 cm³/mol. The van der Waals surface area contributed by atoms with Crippen LogP contribution < -0.4 is 11.1 Å². The largest absolute Gasteiger partial charge is 0.447 e. The third-order valence-corrected chi connectivity index (χ3v) is 5.39. The molecule has 2 heterocycles. The number of rotatable bonds is 7. The summed E-state index contributed by atoms with van der Waals surface area (Å²) < 4.78 is 6.81. The molecule has 31 heavy (non-hydrogen) atoms. The van der Waals surface area contributed by atoms with Crippen LogP contribution in [0.1, 0.15) is 59.1 Å². The Bertz CT molecular complexity index is 1130. The Balaban J connectivity index is 1.74. The number of para-hydroxylation sites is 1. The van der Waals surface area contributed by atoms with Crippen molar-refractivity contribution < 1.29 is 19.1 Å². The molecular formula is C21H23N5O4S. The lowest BCUT2D eigenvalue weighted by molar-refractivity contribution is -0.123. The molecule has 3 rings (SSSR count). The third kappa shape index (κ3) is 4.80. The number of hydrogen-bond acceptors (Lipinski definition) is 7. The Morgan fingerprint density at radius 2 is 1.87 bits per heavy atom. The van der Waals surface area contributed by atoms with Crippen LogP contribution in [0.5, 0.6) is 0 Å². The number of aryl methyl sites for hydroxylation is 1. The van der Waals surface area contributed by atoms with Crippen LogP contribution in [0.25, 0.3) is 5.69 Å². The SMILES string of the molecule is Cc1nc(C(=O)OC(C)C(=O)Nc2sccc2C(N)=O)nn1-c1ccccc1C(C)C. The maximum absolute atomic E-state index is 12.5. The van der Waals surface area contributed by atoms with Gasteiger partial charge in [0, 0.05) is 0 Å². The summed E-state index contributed by atoms with van der Waals surface area (Å²) >= 11 is 1.14. The molecule has 2 aromatic heterocycles. The van der Waals surface area contributed by atoms with Crippen molar-refractivity contribution >= 4 is 34.1 Å². The van der Waals surface area contributed by atoms with Crippen LogP contribution in [0.4, 0.5) is 5.00 Å². The van der Waals surface area contributed by atoms with Gasteiger partial charge in [-0.2, -0.15) is 0 Å². The maximum atomic E-state index is 12.5. The monoisotopic (exact) mass is 441 g/mol. The van der Waals surface area contributed by atoms with Gasteiger partial charge in [0.15, 0.2) is 6.10 Å². The number of nitrogens with two attached hydrogens (primary N) is 1. The van der Waals surface area contributed by atoms with Gasteiger partial charge >= 0.3 is 5.97 Å². The highest BCUT2D eigenvalue weighted by Gasteiger charge is 2.25. The number of ether oxygens (including phenoxy) is 1. The van der Waals surface area contributed by atoms with Crippen molar-refractivity contribution in [2.45, 2.75) is 39.7 Å².